The monoisotopic (exact) mass is 537 g/mol. The van der Waals surface area contributed by atoms with Gasteiger partial charge in [-0.1, -0.05) is 52.3 Å². The summed E-state index contributed by atoms with van der Waals surface area (Å²) in [4.78, 5) is 27.7. The highest BCUT2D eigenvalue weighted by molar-refractivity contribution is 9.10. The number of halogens is 1. The summed E-state index contributed by atoms with van der Waals surface area (Å²) in [5, 5.41) is 2.90. The topological polar surface area (TPSA) is 86.8 Å². The van der Waals surface area contributed by atoms with Crippen molar-refractivity contribution in [2.24, 2.45) is 0 Å². The van der Waals surface area contributed by atoms with Crippen LogP contribution in [0.3, 0.4) is 0 Å². The first kappa shape index (κ1) is 26.9. The number of sulfonamides is 1. The number of amides is 2. The van der Waals surface area contributed by atoms with E-state index in [2.05, 4.69) is 21.2 Å². The molecule has 7 nitrogen and oxygen atoms in total. The third-order valence-electron chi connectivity index (χ3n) is 4.93. The molecule has 0 aliphatic carbocycles. The summed E-state index contributed by atoms with van der Waals surface area (Å²) in [6.45, 7) is 7.13. The Kier molecular flexibility index (Phi) is 9.08. The van der Waals surface area contributed by atoms with Gasteiger partial charge in [-0.25, -0.2) is 8.42 Å². The Balaban J connectivity index is 2.32. The molecule has 1 atom stereocenters. The highest BCUT2D eigenvalue weighted by Crippen LogP contribution is 2.22. The number of carbonyl (C=O) groups is 2. The SMILES string of the molecule is C[C@@H](C(=O)NC(C)(C)C)N(CCc1ccccc1)C(=O)CN(c1cccc(Br)c1)S(C)(=O)=O. The number of benzene rings is 2. The molecule has 0 saturated carbocycles. The van der Waals surface area contributed by atoms with Crippen molar-refractivity contribution in [3.05, 3.63) is 64.6 Å². The van der Waals surface area contributed by atoms with Crippen molar-refractivity contribution in [1.82, 2.24) is 10.2 Å². The van der Waals surface area contributed by atoms with Gasteiger partial charge in [0.25, 0.3) is 0 Å². The zero-order chi connectivity index (χ0) is 24.8. The Labute approximate surface area is 205 Å². The predicted molar refractivity (Wildman–Crippen MR) is 136 cm³/mol. The summed E-state index contributed by atoms with van der Waals surface area (Å²) in [5.41, 5.74) is 0.926. The smallest absolute Gasteiger partial charge is 0.244 e. The van der Waals surface area contributed by atoms with E-state index >= 15 is 0 Å². The minimum atomic E-state index is -3.74. The van der Waals surface area contributed by atoms with E-state index in [1.54, 1.807) is 31.2 Å². The molecule has 0 unspecified atom stereocenters. The maximum absolute atomic E-state index is 13.4. The molecule has 0 heterocycles. The lowest BCUT2D eigenvalue weighted by Crippen LogP contribution is -2.55. The number of carbonyl (C=O) groups excluding carboxylic acids is 2. The second-order valence-electron chi connectivity index (χ2n) is 8.99. The van der Waals surface area contributed by atoms with Gasteiger partial charge in [0.15, 0.2) is 0 Å². The van der Waals surface area contributed by atoms with Crippen molar-refractivity contribution < 1.29 is 18.0 Å². The zero-order valence-electron chi connectivity index (χ0n) is 19.7. The zero-order valence-corrected chi connectivity index (χ0v) is 22.1. The summed E-state index contributed by atoms with van der Waals surface area (Å²) in [5.74, 6) is -0.745. The minimum Gasteiger partial charge on any atom is -0.350 e. The van der Waals surface area contributed by atoms with Gasteiger partial charge >= 0.3 is 0 Å². The molecule has 0 aliphatic heterocycles. The maximum Gasteiger partial charge on any atom is 0.244 e. The number of nitrogens with zero attached hydrogens (tertiary/aromatic N) is 2. The van der Waals surface area contributed by atoms with Crippen LogP contribution in [0.4, 0.5) is 5.69 Å². The molecule has 0 spiro atoms. The van der Waals surface area contributed by atoms with Gasteiger partial charge in [-0.05, 0) is 57.9 Å². The van der Waals surface area contributed by atoms with Gasteiger partial charge in [0.05, 0.1) is 11.9 Å². The Hall–Kier alpha value is -2.39. The van der Waals surface area contributed by atoms with E-state index in [4.69, 9.17) is 0 Å². The third-order valence-corrected chi connectivity index (χ3v) is 6.56. The van der Waals surface area contributed by atoms with Crippen LogP contribution in [0.25, 0.3) is 0 Å². The van der Waals surface area contributed by atoms with Crippen LogP contribution >= 0.6 is 15.9 Å². The normalized spacial score (nSPS) is 12.7. The molecule has 2 rings (SSSR count). The molecule has 0 aliphatic rings. The van der Waals surface area contributed by atoms with Crippen molar-refractivity contribution in [1.29, 1.82) is 0 Å². The van der Waals surface area contributed by atoms with E-state index in [1.165, 1.54) is 4.90 Å². The number of anilines is 1. The van der Waals surface area contributed by atoms with E-state index in [0.29, 0.717) is 16.6 Å². The Morgan fingerprint density at radius 2 is 1.70 bits per heavy atom. The third kappa shape index (κ3) is 8.47. The van der Waals surface area contributed by atoms with Gasteiger partial charge < -0.3 is 10.2 Å². The van der Waals surface area contributed by atoms with Crippen LogP contribution in [0.5, 0.6) is 0 Å². The Morgan fingerprint density at radius 3 is 2.24 bits per heavy atom. The van der Waals surface area contributed by atoms with Gasteiger partial charge in [-0.3, -0.25) is 13.9 Å². The van der Waals surface area contributed by atoms with E-state index in [1.807, 2.05) is 51.1 Å². The standard InChI is InChI=1S/C24H32BrN3O4S/c1-18(23(30)26-24(2,3)4)27(15-14-19-10-7-6-8-11-19)22(29)17-28(33(5,31)32)21-13-9-12-20(25)16-21/h6-13,16,18H,14-15,17H2,1-5H3,(H,26,30)/t18-/m0/s1. The van der Waals surface area contributed by atoms with E-state index in [-0.39, 0.29) is 12.5 Å². The van der Waals surface area contributed by atoms with E-state index < -0.39 is 34.1 Å². The lowest BCUT2D eigenvalue weighted by atomic mass is 10.1. The average molecular weight is 539 g/mol. The first-order valence-corrected chi connectivity index (χ1v) is 13.3. The predicted octanol–water partition coefficient (Wildman–Crippen LogP) is 3.59. The van der Waals surface area contributed by atoms with Crippen molar-refractivity contribution in [2.75, 3.05) is 23.7 Å². The Bertz CT molecular complexity index is 1070. The average Bonchev–Trinajstić information content (AvgIpc) is 2.70. The molecular formula is C24H32BrN3O4S. The largest absolute Gasteiger partial charge is 0.350 e. The number of rotatable bonds is 9. The van der Waals surface area contributed by atoms with Gasteiger partial charge in [0.1, 0.15) is 12.6 Å². The van der Waals surface area contributed by atoms with Crippen LogP contribution in [-0.2, 0) is 26.0 Å². The van der Waals surface area contributed by atoms with E-state index in [9.17, 15) is 18.0 Å². The fourth-order valence-corrected chi connectivity index (χ4v) is 4.52. The molecule has 0 saturated heterocycles. The summed E-state index contributed by atoms with van der Waals surface area (Å²) in [6.07, 6.45) is 1.60. The lowest BCUT2D eigenvalue weighted by Gasteiger charge is -2.33. The first-order valence-electron chi connectivity index (χ1n) is 10.7. The lowest BCUT2D eigenvalue weighted by molar-refractivity contribution is -0.139. The number of hydrogen-bond donors (Lipinski definition) is 1. The molecule has 0 radical (unpaired) electrons. The van der Waals surface area contributed by atoms with Crippen molar-refractivity contribution in [3.8, 4) is 0 Å². The quantitative estimate of drug-likeness (QED) is 0.529. The molecule has 0 aromatic heterocycles. The summed E-state index contributed by atoms with van der Waals surface area (Å²) < 4.78 is 26.8. The van der Waals surface area contributed by atoms with Crippen LogP contribution in [0.2, 0.25) is 0 Å². The van der Waals surface area contributed by atoms with Crippen LogP contribution in [-0.4, -0.2) is 56.1 Å². The van der Waals surface area contributed by atoms with Gasteiger partial charge in [-0.15, -0.1) is 0 Å². The van der Waals surface area contributed by atoms with Gasteiger partial charge in [0, 0.05) is 16.6 Å². The summed E-state index contributed by atoms with van der Waals surface area (Å²) in [6, 6.07) is 15.6. The van der Waals surface area contributed by atoms with Gasteiger partial charge in [0.2, 0.25) is 21.8 Å². The second kappa shape index (κ2) is 11.2. The Morgan fingerprint density at radius 1 is 1.06 bits per heavy atom. The van der Waals surface area contributed by atoms with E-state index in [0.717, 1.165) is 16.1 Å². The fourth-order valence-electron chi connectivity index (χ4n) is 3.29. The molecular weight excluding hydrogens is 506 g/mol. The molecule has 33 heavy (non-hydrogen) atoms. The fraction of sp³-hybridized carbons (Fsp3) is 0.417. The second-order valence-corrected chi connectivity index (χ2v) is 11.8. The molecule has 2 amide bonds. The highest BCUT2D eigenvalue weighted by Gasteiger charge is 2.31. The molecule has 0 fully saturated rings. The molecule has 9 heteroatoms. The van der Waals surface area contributed by atoms with Crippen molar-refractivity contribution >= 4 is 43.5 Å². The first-order chi connectivity index (χ1) is 15.3. The van der Waals surface area contributed by atoms with Crippen LogP contribution < -0.4 is 9.62 Å². The molecule has 0 bridgehead atoms. The minimum absolute atomic E-state index is 0.275. The summed E-state index contributed by atoms with van der Waals surface area (Å²) in [7, 11) is -3.74. The molecule has 2 aromatic rings. The highest BCUT2D eigenvalue weighted by atomic mass is 79.9. The van der Waals surface area contributed by atoms with Crippen molar-refractivity contribution in [3.63, 3.8) is 0 Å². The van der Waals surface area contributed by atoms with Gasteiger partial charge in [-0.2, -0.15) is 0 Å². The molecule has 2 aromatic carbocycles. The molecule has 180 valence electrons. The summed E-state index contributed by atoms with van der Waals surface area (Å²) >= 11 is 3.34. The van der Waals surface area contributed by atoms with Crippen LogP contribution in [0.15, 0.2) is 59.1 Å². The van der Waals surface area contributed by atoms with Crippen LogP contribution in [0.1, 0.15) is 33.3 Å². The molecule has 1 N–H and O–H groups in total. The van der Waals surface area contributed by atoms with Crippen LogP contribution in [0, 0.1) is 0 Å². The van der Waals surface area contributed by atoms with Crippen molar-refractivity contribution in [2.45, 2.75) is 45.7 Å². The number of nitrogens with one attached hydrogen (secondary N) is 1. The number of hydrogen-bond acceptors (Lipinski definition) is 4. The maximum atomic E-state index is 13.4.